The standard InChI is InChI=1S/C24H22N4O2/c25-16-22-24(27-13-12-26-22)30-21-7-4-14-28(17-21)23(29)15-18-8-10-20(11-9-18)19-5-2-1-3-6-19/h1-3,5-6,8-13,21H,4,7,14-15,17H2. The van der Waals surface area contributed by atoms with E-state index in [1.165, 1.54) is 12.4 Å². The SMILES string of the molecule is N#Cc1nccnc1OC1CCCN(C(=O)Cc2ccc(-c3ccccc3)cc2)C1. The number of rotatable bonds is 5. The normalized spacial score (nSPS) is 16.0. The van der Waals surface area contributed by atoms with E-state index in [-0.39, 0.29) is 23.6 Å². The van der Waals surface area contributed by atoms with Crippen molar-refractivity contribution in [3.8, 4) is 23.1 Å². The molecule has 2 aromatic carbocycles. The molecule has 1 aliphatic heterocycles. The van der Waals surface area contributed by atoms with Gasteiger partial charge in [-0.15, -0.1) is 0 Å². The van der Waals surface area contributed by atoms with Gasteiger partial charge in [0.2, 0.25) is 11.6 Å². The van der Waals surface area contributed by atoms with E-state index in [2.05, 4.69) is 34.2 Å². The molecule has 1 unspecified atom stereocenters. The van der Waals surface area contributed by atoms with Crippen molar-refractivity contribution in [3.05, 3.63) is 78.2 Å². The van der Waals surface area contributed by atoms with Crippen molar-refractivity contribution in [1.82, 2.24) is 14.9 Å². The summed E-state index contributed by atoms with van der Waals surface area (Å²) in [7, 11) is 0. The number of hydrogen-bond donors (Lipinski definition) is 0. The number of nitriles is 1. The van der Waals surface area contributed by atoms with Crippen LogP contribution in [0.15, 0.2) is 67.0 Å². The fourth-order valence-electron chi connectivity index (χ4n) is 3.64. The number of aromatic nitrogens is 2. The van der Waals surface area contributed by atoms with E-state index >= 15 is 0 Å². The molecule has 1 fully saturated rings. The van der Waals surface area contributed by atoms with Crippen molar-refractivity contribution < 1.29 is 9.53 Å². The van der Waals surface area contributed by atoms with Crippen LogP contribution in [0.5, 0.6) is 5.88 Å². The van der Waals surface area contributed by atoms with E-state index in [9.17, 15) is 4.79 Å². The predicted octanol–water partition coefficient (Wildman–Crippen LogP) is 3.63. The average Bonchev–Trinajstić information content (AvgIpc) is 2.81. The highest BCUT2D eigenvalue weighted by Gasteiger charge is 2.26. The van der Waals surface area contributed by atoms with Gasteiger partial charge in [0.1, 0.15) is 12.2 Å². The zero-order valence-corrected chi connectivity index (χ0v) is 16.6. The van der Waals surface area contributed by atoms with Crippen LogP contribution in [0.4, 0.5) is 0 Å². The Hall–Kier alpha value is -3.72. The van der Waals surface area contributed by atoms with Gasteiger partial charge < -0.3 is 9.64 Å². The third-order valence-corrected chi connectivity index (χ3v) is 5.20. The Bertz CT molecular complexity index is 1040. The molecule has 1 saturated heterocycles. The van der Waals surface area contributed by atoms with E-state index in [0.717, 1.165) is 29.5 Å². The number of carbonyl (C=O) groups is 1. The number of benzene rings is 2. The first-order valence-electron chi connectivity index (χ1n) is 10.0. The van der Waals surface area contributed by atoms with Gasteiger partial charge in [-0.25, -0.2) is 9.97 Å². The molecule has 1 amide bonds. The van der Waals surface area contributed by atoms with E-state index in [1.807, 2.05) is 41.3 Å². The van der Waals surface area contributed by atoms with Crippen LogP contribution < -0.4 is 4.74 Å². The lowest BCUT2D eigenvalue weighted by Gasteiger charge is -2.32. The van der Waals surface area contributed by atoms with Crippen LogP contribution in [0.25, 0.3) is 11.1 Å². The number of carbonyl (C=O) groups excluding carboxylic acids is 1. The zero-order chi connectivity index (χ0) is 20.8. The summed E-state index contributed by atoms with van der Waals surface area (Å²) in [6.45, 7) is 1.20. The van der Waals surface area contributed by atoms with Gasteiger partial charge in [0.25, 0.3) is 5.88 Å². The molecule has 150 valence electrons. The number of ether oxygens (including phenoxy) is 1. The van der Waals surface area contributed by atoms with Gasteiger partial charge in [0, 0.05) is 18.9 Å². The Kier molecular flexibility index (Phi) is 6.00. The molecule has 0 spiro atoms. The first-order chi connectivity index (χ1) is 14.7. The highest BCUT2D eigenvalue weighted by molar-refractivity contribution is 5.79. The minimum absolute atomic E-state index is 0.0791. The molecule has 3 aromatic rings. The van der Waals surface area contributed by atoms with E-state index in [0.29, 0.717) is 19.5 Å². The van der Waals surface area contributed by atoms with Gasteiger partial charge in [-0.3, -0.25) is 4.79 Å². The van der Waals surface area contributed by atoms with Crippen molar-refractivity contribution in [2.24, 2.45) is 0 Å². The zero-order valence-electron chi connectivity index (χ0n) is 16.6. The Morgan fingerprint density at radius 2 is 1.80 bits per heavy atom. The highest BCUT2D eigenvalue weighted by atomic mass is 16.5. The molecular formula is C24H22N4O2. The second-order valence-electron chi connectivity index (χ2n) is 7.28. The van der Waals surface area contributed by atoms with E-state index < -0.39 is 0 Å². The number of nitrogens with zero attached hydrogens (tertiary/aromatic N) is 4. The third-order valence-electron chi connectivity index (χ3n) is 5.20. The van der Waals surface area contributed by atoms with Gasteiger partial charge in [-0.2, -0.15) is 5.26 Å². The molecule has 1 atom stereocenters. The fraction of sp³-hybridized carbons (Fsp3) is 0.250. The maximum atomic E-state index is 12.8. The molecule has 0 N–H and O–H groups in total. The minimum atomic E-state index is -0.188. The second-order valence-corrected chi connectivity index (χ2v) is 7.28. The summed E-state index contributed by atoms with van der Waals surface area (Å²) >= 11 is 0. The number of amides is 1. The summed E-state index contributed by atoms with van der Waals surface area (Å²) in [5.74, 6) is 0.311. The molecule has 6 nitrogen and oxygen atoms in total. The minimum Gasteiger partial charge on any atom is -0.470 e. The van der Waals surface area contributed by atoms with Crippen LogP contribution >= 0.6 is 0 Å². The predicted molar refractivity (Wildman–Crippen MR) is 113 cm³/mol. The molecule has 0 radical (unpaired) electrons. The second kappa shape index (κ2) is 9.19. The van der Waals surface area contributed by atoms with Crippen molar-refractivity contribution in [1.29, 1.82) is 5.26 Å². The maximum absolute atomic E-state index is 12.8. The summed E-state index contributed by atoms with van der Waals surface area (Å²) in [4.78, 5) is 22.7. The summed E-state index contributed by atoms with van der Waals surface area (Å²) in [6, 6.07) is 20.3. The maximum Gasteiger partial charge on any atom is 0.251 e. The molecule has 4 rings (SSSR count). The molecule has 0 saturated carbocycles. The number of likely N-dealkylation sites (tertiary alicyclic amines) is 1. The number of hydrogen-bond acceptors (Lipinski definition) is 5. The van der Waals surface area contributed by atoms with Crippen molar-refractivity contribution >= 4 is 5.91 Å². The third kappa shape index (κ3) is 4.64. The first-order valence-corrected chi connectivity index (χ1v) is 10.0. The van der Waals surface area contributed by atoms with Gasteiger partial charge in [0.05, 0.1) is 13.0 Å². The monoisotopic (exact) mass is 398 g/mol. The Morgan fingerprint density at radius 3 is 2.57 bits per heavy atom. The molecule has 1 aliphatic rings. The lowest BCUT2D eigenvalue weighted by Crippen LogP contribution is -2.45. The smallest absolute Gasteiger partial charge is 0.251 e. The molecule has 1 aromatic heterocycles. The molecule has 30 heavy (non-hydrogen) atoms. The lowest BCUT2D eigenvalue weighted by atomic mass is 10.0. The van der Waals surface area contributed by atoms with Crippen LogP contribution in [0.2, 0.25) is 0 Å². The number of piperidine rings is 1. The Labute approximate surface area is 175 Å². The lowest BCUT2D eigenvalue weighted by molar-refractivity contribution is -0.133. The van der Waals surface area contributed by atoms with Crippen LogP contribution in [0, 0.1) is 11.3 Å². The van der Waals surface area contributed by atoms with Gasteiger partial charge in [0.15, 0.2) is 0 Å². The highest BCUT2D eigenvalue weighted by Crippen LogP contribution is 2.21. The van der Waals surface area contributed by atoms with E-state index in [1.54, 1.807) is 0 Å². The van der Waals surface area contributed by atoms with Crippen LogP contribution in [0.3, 0.4) is 0 Å². The fourth-order valence-corrected chi connectivity index (χ4v) is 3.64. The average molecular weight is 398 g/mol. The molecule has 6 heteroatoms. The molecular weight excluding hydrogens is 376 g/mol. The molecule has 0 aliphatic carbocycles. The Morgan fingerprint density at radius 1 is 1.07 bits per heavy atom. The van der Waals surface area contributed by atoms with Gasteiger partial charge in [-0.05, 0) is 29.5 Å². The van der Waals surface area contributed by atoms with Gasteiger partial charge >= 0.3 is 0 Å². The topological polar surface area (TPSA) is 79.1 Å². The summed E-state index contributed by atoms with van der Waals surface area (Å²) in [5, 5.41) is 9.15. The summed E-state index contributed by atoms with van der Waals surface area (Å²) < 4.78 is 5.88. The van der Waals surface area contributed by atoms with Crippen molar-refractivity contribution in [3.63, 3.8) is 0 Å². The van der Waals surface area contributed by atoms with Crippen LogP contribution in [0.1, 0.15) is 24.1 Å². The van der Waals surface area contributed by atoms with Crippen molar-refractivity contribution in [2.45, 2.75) is 25.4 Å². The quantitative estimate of drug-likeness (QED) is 0.656. The summed E-state index contributed by atoms with van der Waals surface area (Å²) in [6.07, 6.45) is 4.80. The van der Waals surface area contributed by atoms with E-state index in [4.69, 9.17) is 10.00 Å². The molecule has 0 bridgehead atoms. The first kappa shape index (κ1) is 19.6. The van der Waals surface area contributed by atoms with Crippen molar-refractivity contribution in [2.75, 3.05) is 13.1 Å². The molecule has 2 heterocycles. The van der Waals surface area contributed by atoms with Crippen LogP contribution in [-0.2, 0) is 11.2 Å². The largest absolute Gasteiger partial charge is 0.470 e. The van der Waals surface area contributed by atoms with Crippen LogP contribution in [-0.4, -0.2) is 40.0 Å². The van der Waals surface area contributed by atoms with Gasteiger partial charge in [-0.1, -0.05) is 54.6 Å². The Balaban J connectivity index is 1.37. The summed E-state index contributed by atoms with van der Waals surface area (Å²) in [5.41, 5.74) is 3.45.